The minimum absolute atomic E-state index is 0.0282. The van der Waals surface area contributed by atoms with Crippen molar-refractivity contribution in [2.24, 2.45) is 0 Å². The van der Waals surface area contributed by atoms with Crippen molar-refractivity contribution in [3.8, 4) is 0 Å². The van der Waals surface area contributed by atoms with Crippen LogP contribution in [0.5, 0.6) is 0 Å². The Kier molecular flexibility index (Phi) is 7.44. The molecule has 0 aliphatic heterocycles. The first kappa shape index (κ1) is 17.8. The summed E-state index contributed by atoms with van der Waals surface area (Å²) in [6, 6.07) is 7.06. The predicted molar refractivity (Wildman–Crippen MR) is 97.0 cm³/mol. The lowest BCUT2D eigenvalue weighted by atomic mass is 9.80. The van der Waals surface area contributed by atoms with Gasteiger partial charge < -0.3 is 10.6 Å². The van der Waals surface area contributed by atoms with Crippen LogP contribution < -0.4 is 10.6 Å². The molecule has 2 amide bonds. The number of nitrogens with one attached hydrogen (secondary N) is 2. The number of benzene rings is 1. The quantitative estimate of drug-likeness (QED) is 0.726. The smallest absolute Gasteiger partial charge is 0.314 e. The molecule has 1 aromatic carbocycles. The van der Waals surface area contributed by atoms with E-state index in [1.807, 2.05) is 0 Å². The molecule has 0 fully saturated rings. The van der Waals surface area contributed by atoms with Gasteiger partial charge >= 0.3 is 6.03 Å². The van der Waals surface area contributed by atoms with Crippen LogP contribution >= 0.6 is 0 Å². The van der Waals surface area contributed by atoms with Gasteiger partial charge in [-0.25, -0.2) is 4.79 Å². The van der Waals surface area contributed by atoms with E-state index in [0.29, 0.717) is 5.92 Å². The summed E-state index contributed by atoms with van der Waals surface area (Å²) in [5, 5.41) is 5.87. The monoisotopic (exact) mass is 316 g/mol. The second-order valence-electron chi connectivity index (χ2n) is 6.70. The first-order chi connectivity index (χ1) is 11.2. The van der Waals surface area contributed by atoms with Crippen molar-refractivity contribution < 1.29 is 4.79 Å². The molecule has 0 saturated carbocycles. The first-order valence-electron chi connectivity index (χ1n) is 9.38. The number of amides is 2. The van der Waals surface area contributed by atoms with Crippen LogP contribution in [0.15, 0.2) is 18.2 Å². The summed E-state index contributed by atoms with van der Waals surface area (Å²) in [4.78, 5) is 11.6. The molecule has 1 atom stereocenters. The zero-order valence-electron chi connectivity index (χ0n) is 14.8. The number of hydrogen-bond donors (Lipinski definition) is 2. The van der Waals surface area contributed by atoms with E-state index in [1.54, 1.807) is 5.56 Å². The molecule has 1 aliphatic rings. The molecule has 3 heteroatoms. The highest BCUT2D eigenvalue weighted by Gasteiger charge is 2.20. The first-order valence-corrected chi connectivity index (χ1v) is 9.38. The third-order valence-corrected chi connectivity index (χ3v) is 4.78. The summed E-state index contributed by atoms with van der Waals surface area (Å²) in [6.45, 7) is 5.82. The van der Waals surface area contributed by atoms with Crippen LogP contribution in [0.1, 0.15) is 75.0 Å². The fourth-order valence-electron chi connectivity index (χ4n) is 3.44. The highest BCUT2D eigenvalue weighted by molar-refractivity contribution is 5.73. The molecule has 0 saturated heterocycles. The maximum atomic E-state index is 11.6. The Morgan fingerprint density at radius 2 is 2.00 bits per heavy atom. The molecule has 1 unspecified atom stereocenters. The predicted octanol–water partition coefficient (Wildman–Crippen LogP) is 4.55. The van der Waals surface area contributed by atoms with E-state index < -0.39 is 0 Å². The van der Waals surface area contributed by atoms with E-state index in [4.69, 9.17) is 0 Å². The maximum Gasteiger partial charge on any atom is 0.314 e. The topological polar surface area (TPSA) is 41.1 Å². The lowest BCUT2D eigenvalue weighted by Crippen LogP contribution is -2.36. The largest absolute Gasteiger partial charge is 0.338 e. The molecule has 2 N–H and O–H groups in total. The van der Waals surface area contributed by atoms with Crippen molar-refractivity contribution in [3.05, 3.63) is 34.9 Å². The third-order valence-electron chi connectivity index (χ3n) is 4.78. The Morgan fingerprint density at radius 1 is 1.17 bits per heavy atom. The fraction of sp³-hybridized carbons (Fsp3) is 0.650. The van der Waals surface area contributed by atoms with Crippen LogP contribution in [0, 0.1) is 0 Å². The summed E-state index contributed by atoms with van der Waals surface area (Å²) in [5.74, 6) is 0.604. The van der Waals surface area contributed by atoms with Crippen LogP contribution in [-0.2, 0) is 12.8 Å². The van der Waals surface area contributed by atoms with Crippen LogP contribution in [0.2, 0.25) is 0 Å². The number of aryl methyl sites for hydroxylation is 2. The molecular weight excluding hydrogens is 284 g/mol. The number of unbranched alkanes of at least 4 members (excludes halogenated alkanes) is 1. The highest BCUT2D eigenvalue weighted by Crippen LogP contribution is 2.34. The Bertz CT molecular complexity index is 498. The van der Waals surface area contributed by atoms with Gasteiger partial charge in [0.05, 0.1) is 0 Å². The number of rotatable bonds is 8. The molecular formula is C20H32N2O. The summed E-state index contributed by atoms with van der Waals surface area (Å²) >= 11 is 0. The Hall–Kier alpha value is -1.51. The number of carbonyl (C=O) groups excluding carboxylic acids is 1. The van der Waals surface area contributed by atoms with E-state index in [9.17, 15) is 4.79 Å². The second-order valence-corrected chi connectivity index (χ2v) is 6.70. The van der Waals surface area contributed by atoms with Gasteiger partial charge in [0, 0.05) is 13.1 Å². The van der Waals surface area contributed by atoms with Gasteiger partial charge in [-0.1, -0.05) is 38.5 Å². The van der Waals surface area contributed by atoms with Gasteiger partial charge in [-0.15, -0.1) is 0 Å². The van der Waals surface area contributed by atoms with Crippen molar-refractivity contribution in [2.45, 2.75) is 71.1 Å². The lowest BCUT2D eigenvalue weighted by Gasteiger charge is -2.26. The molecule has 0 heterocycles. The summed E-state index contributed by atoms with van der Waals surface area (Å²) in [6.07, 6.45) is 9.46. The van der Waals surface area contributed by atoms with Gasteiger partial charge in [0.1, 0.15) is 0 Å². The summed E-state index contributed by atoms with van der Waals surface area (Å²) in [7, 11) is 0. The van der Waals surface area contributed by atoms with Crippen molar-refractivity contribution in [1.82, 2.24) is 10.6 Å². The standard InChI is InChI=1S/C20H32N2O/c1-3-5-7-16-10-11-17-8-6-9-18(19(17)15-16)12-14-22-20(23)21-13-4-2/h10-11,15,18H,3-9,12-14H2,1-2H3,(H2,21,22,23). The number of urea groups is 1. The minimum Gasteiger partial charge on any atom is -0.338 e. The van der Waals surface area contributed by atoms with Crippen LogP contribution in [0.4, 0.5) is 4.79 Å². The van der Waals surface area contributed by atoms with Gasteiger partial charge in [0.25, 0.3) is 0 Å². The average molecular weight is 316 g/mol. The van der Waals surface area contributed by atoms with E-state index in [0.717, 1.165) is 25.9 Å². The molecule has 2 rings (SSSR count). The molecule has 0 spiro atoms. The zero-order valence-corrected chi connectivity index (χ0v) is 14.8. The Morgan fingerprint density at radius 3 is 2.78 bits per heavy atom. The molecule has 0 radical (unpaired) electrons. The van der Waals surface area contributed by atoms with Crippen LogP contribution in [0.25, 0.3) is 0 Å². The molecule has 1 aliphatic carbocycles. The average Bonchev–Trinajstić information content (AvgIpc) is 2.58. The van der Waals surface area contributed by atoms with Gasteiger partial charge in [-0.05, 0) is 67.6 Å². The molecule has 23 heavy (non-hydrogen) atoms. The van der Waals surface area contributed by atoms with E-state index in [1.165, 1.54) is 49.7 Å². The molecule has 0 bridgehead atoms. The second kappa shape index (κ2) is 9.59. The van der Waals surface area contributed by atoms with E-state index >= 15 is 0 Å². The minimum atomic E-state index is -0.0282. The summed E-state index contributed by atoms with van der Waals surface area (Å²) in [5.41, 5.74) is 4.55. The number of carbonyl (C=O) groups is 1. The lowest BCUT2D eigenvalue weighted by molar-refractivity contribution is 0.240. The van der Waals surface area contributed by atoms with Gasteiger partial charge in [0.2, 0.25) is 0 Å². The van der Waals surface area contributed by atoms with Crippen LogP contribution in [0.3, 0.4) is 0 Å². The Balaban J connectivity index is 1.90. The van der Waals surface area contributed by atoms with Crippen molar-refractivity contribution >= 4 is 6.03 Å². The SMILES string of the molecule is CCCCc1ccc2c(c1)C(CCNC(=O)NCCC)CCC2. The number of fused-ring (bicyclic) bond motifs is 1. The van der Waals surface area contributed by atoms with Gasteiger partial charge in [-0.3, -0.25) is 0 Å². The molecule has 1 aromatic rings. The van der Waals surface area contributed by atoms with Crippen molar-refractivity contribution in [1.29, 1.82) is 0 Å². The van der Waals surface area contributed by atoms with Crippen molar-refractivity contribution in [3.63, 3.8) is 0 Å². The van der Waals surface area contributed by atoms with Gasteiger partial charge in [0.15, 0.2) is 0 Å². The van der Waals surface area contributed by atoms with Crippen molar-refractivity contribution in [2.75, 3.05) is 13.1 Å². The fourth-order valence-corrected chi connectivity index (χ4v) is 3.44. The van der Waals surface area contributed by atoms with Crippen LogP contribution in [-0.4, -0.2) is 19.1 Å². The highest BCUT2D eigenvalue weighted by atomic mass is 16.2. The maximum absolute atomic E-state index is 11.6. The molecule has 3 nitrogen and oxygen atoms in total. The zero-order chi connectivity index (χ0) is 16.5. The third kappa shape index (κ3) is 5.56. The van der Waals surface area contributed by atoms with E-state index in [2.05, 4.69) is 42.7 Å². The number of hydrogen-bond acceptors (Lipinski definition) is 1. The Labute approximate surface area is 141 Å². The summed E-state index contributed by atoms with van der Waals surface area (Å²) < 4.78 is 0. The van der Waals surface area contributed by atoms with E-state index in [-0.39, 0.29) is 6.03 Å². The molecule has 128 valence electrons. The normalized spacial score (nSPS) is 16.7. The molecule has 0 aromatic heterocycles. The van der Waals surface area contributed by atoms with Gasteiger partial charge in [-0.2, -0.15) is 0 Å².